The lowest BCUT2D eigenvalue weighted by Gasteiger charge is -2.28. The molecule has 2 aliphatic rings. The van der Waals surface area contributed by atoms with Crippen LogP contribution in [0.2, 0.25) is 0 Å². The van der Waals surface area contributed by atoms with Crippen molar-refractivity contribution in [3.63, 3.8) is 0 Å². The molecule has 0 aliphatic carbocycles. The summed E-state index contributed by atoms with van der Waals surface area (Å²) in [5.41, 5.74) is 1.21. The molecule has 3 rings (SSSR count). The summed E-state index contributed by atoms with van der Waals surface area (Å²) < 4.78 is 5.63. The summed E-state index contributed by atoms with van der Waals surface area (Å²) in [6.07, 6.45) is 2.38. The van der Waals surface area contributed by atoms with Gasteiger partial charge >= 0.3 is 0 Å². The number of fused-ring (bicyclic) bond motifs is 1. The molecule has 0 radical (unpaired) electrons. The van der Waals surface area contributed by atoms with Crippen molar-refractivity contribution in [1.29, 1.82) is 0 Å². The molecule has 96 valence electrons. The number of hydrogen-bond donors (Lipinski definition) is 1. The number of hydrogen-bond acceptors (Lipinski definition) is 3. The SMILES string of the molecule is O=C(CC1CNC1)CC1CCOc2ccccc21. The smallest absolute Gasteiger partial charge is 0.133 e. The first kappa shape index (κ1) is 11.7. The quantitative estimate of drug-likeness (QED) is 0.883. The Morgan fingerprint density at radius 1 is 1.28 bits per heavy atom. The van der Waals surface area contributed by atoms with Crippen LogP contribution in [0.5, 0.6) is 5.75 Å². The minimum Gasteiger partial charge on any atom is -0.493 e. The standard InChI is InChI=1S/C15H19NO2/c17-13(7-11-9-16-10-11)8-12-5-6-18-15-4-2-1-3-14(12)15/h1-4,11-12,16H,5-10H2. The molecule has 1 aromatic carbocycles. The van der Waals surface area contributed by atoms with E-state index in [-0.39, 0.29) is 0 Å². The molecule has 1 aromatic rings. The zero-order chi connectivity index (χ0) is 12.4. The fourth-order valence-electron chi connectivity index (χ4n) is 2.80. The Kier molecular flexibility index (Phi) is 3.33. The van der Waals surface area contributed by atoms with Crippen LogP contribution in [-0.4, -0.2) is 25.5 Å². The second kappa shape index (κ2) is 5.11. The first-order valence-corrected chi connectivity index (χ1v) is 6.77. The van der Waals surface area contributed by atoms with E-state index in [1.807, 2.05) is 18.2 Å². The Balaban J connectivity index is 1.64. The maximum Gasteiger partial charge on any atom is 0.133 e. The van der Waals surface area contributed by atoms with Crippen molar-refractivity contribution in [2.75, 3.05) is 19.7 Å². The molecule has 2 heterocycles. The minimum absolute atomic E-state index is 0.357. The highest BCUT2D eigenvalue weighted by molar-refractivity contribution is 5.79. The summed E-state index contributed by atoms with van der Waals surface area (Å²) in [5.74, 6) is 2.30. The summed E-state index contributed by atoms with van der Waals surface area (Å²) >= 11 is 0. The third-order valence-corrected chi connectivity index (χ3v) is 3.94. The number of Topliss-reactive ketones (excluding diaryl/α,β-unsaturated/α-hetero) is 1. The van der Waals surface area contributed by atoms with Gasteiger partial charge in [-0.05, 0) is 43.0 Å². The van der Waals surface area contributed by atoms with Crippen LogP contribution in [0.3, 0.4) is 0 Å². The predicted octanol–water partition coefficient (Wildman–Crippen LogP) is 2.12. The van der Waals surface area contributed by atoms with Crippen molar-refractivity contribution in [1.82, 2.24) is 5.32 Å². The van der Waals surface area contributed by atoms with Gasteiger partial charge in [0.25, 0.3) is 0 Å². The van der Waals surface area contributed by atoms with Crippen molar-refractivity contribution >= 4 is 5.78 Å². The molecule has 1 fully saturated rings. The van der Waals surface area contributed by atoms with Crippen molar-refractivity contribution in [3.05, 3.63) is 29.8 Å². The van der Waals surface area contributed by atoms with Gasteiger partial charge in [0.05, 0.1) is 6.61 Å². The fraction of sp³-hybridized carbons (Fsp3) is 0.533. The molecule has 0 spiro atoms. The van der Waals surface area contributed by atoms with Crippen LogP contribution in [0, 0.1) is 5.92 Å². The first-order chi connectivity index (χ1) is 8.83. The van der Waals surface area contributed by atoms with Crippen molar-refractivity contribution in [2.45, 2.75) is 25.2 Å². The van der Waals surface area contributed by atoms with Crippen molar-refractivity contribution in [3.8, 4) is 5.75 Å². The zero-order valence-corrected chi connectivity index (χ0v) is 10.5. The number of para-hydroxylation sites is 1. The van der Waals surface area contributed by atoms with Crippen LogP contribution in [0.25, 0.3) is 0 Å². The molecular formula is C15H19NO2. The van der Waals surface area contributed by atoms with Gasteiger partial charge < -0.3 is 10.1 Å². The molecule has 2 aliphatic heterocycles. The van der Waals surface area contributed by atoms with Gasteiger partial charge in [-0.25, -0.2) is 0 Å². The van der Waals surface area contributed by atoms with E-state index >= 15 is 0 Å². The molecule has 0 saturated carbocycles. The Bertz CT molecular complexity index is 440. The van der Waals surface area contributed by atoms with E-state index in [0.29, 0.717) is 24.0 Å². The average Bonchev–Trinajstić information content (AvgIpc) is 2.34. The molecule has 3 heteroatoms. The van der Waals surface area contributed by atoms with Gasteiger partial charge in [0.15, 0.2) is 0 Å². The van der Waals surface area contributed by atoms with Crippen LogP contribution in [0.1, 0.15) is 30.7 Å². The summed E-state index contributed by atoms with van der Waals surface area (Å²) in [7, 11) is 0. The van der Waals surface area contributed by atoms with Crippen LogP contribution < -0.4 is 10.1 Å². The monoisotopic (exact) mass is 245 g/mol. The molecule has 18 heavy (non-hydrogen) atoms. The van der Waals surface area contributed by atoms with Gasteiger partial charge in [-0.15, -0.1) is 0 Å². The third-order valence-electron chi connectivity index (χ3n) is 3.94. The first-order valence-electron chi connectivity index (χ1n) is 6.77. The summed E-state index contributed by atoms with van der Waals surface area (Å²) in [6, 6.07) is 8.11. The lowest BCUT2D eigenvalue weighted by Crippen LogP contribution is -2.43. The Morgan fingerprint density at radius 2 is 2.11 bits per heavy atom. The number of nitrogens with one attached hydrogen (secondary N) is 1. The number of benzene rings is 1. The molecular weight excluding hydrogens is 226 g/mol. The number of carbonyl (C=O) groups excluding carboxylic acids is 1. The summed E-state index contributed by atoms with van der Waals surface area (Å²) in [5, 5.41) is 3.21. The number of carbonyl (C=O) groups is 1. The molecule has 1 atom stereocenters. The van der Waals surface area contributed by atoms with Gasteiger partial charge in [-0.1, -0.05) is 18.2 Å². The minimum atomic E-state index is 0.357. The van der Waals surface area contributed by atoms with E-state index in [4.69, 9.17) is 4.74 Å². The van der Waals surface area contributed by atoms with Gasteiger partial charge in [0, 0.05) is 12.8 Å². The van der Waals surface area contributed by atoms with Gasteiger partial charge in [0.2, 0.25) is 0 Å². The lowest BCUT2D eigenvalue weighted by molar-refractivity contribution is -0.120. The van der Waals surface area contributed by atoms with E-state index in [0.717, 1.165) is 38.3 Å². The second-order valence-corrected chi connectivity index (χ2v) is 5.34. The van der Waals surface area contributed by atoms with E-state index in [1.54, 1.807) is 0 Å². The topological polar surface area (TPSA) is 38.3 Å². The largest absolute Gasteiger partial charge is 0.493 e. The Hall–Kier alpha value is -1.35. The van der Waals surface area contributed by atoms with E-state index in [2.05, 4.69) is 11.4 Å². The van der Waals surface area contributed by atoms with Crippen LogP contribution in [0.15, 0.2) is 24.3 Å². The zero-order valence-electron chi connectivity index (χ0n) is 10.5. The maximum absolute atomic E-state index is 12.1. The number of ether oxygens (including phenoxy) is 1. The second-order valence-electron chi connectivity index (χ2n) is 5.34. The van der Waals surface area contributed by atoms with E-state index in [1.165, 1.54) is 5.56 Å². The Labute approximate surface area is 108 Å². The lowest BCUT2D eigenvalue weighted by atomic mass is 9.86. The number of ketones is 1. The van der Waals surface area contributed by atoms with E-state index < -0.39 is 0 Å². The van der Waals surface area contributed by atoms with Gasteiger partial charge in [0.1, 0.15) is 11.5 Å². The predicted molar refractivity (Wildman–Crippen MR) is 69.9 cm³/mol. The fourth-order valence-corrected chi connectivity index (χ4v) is 2.80. The highest BCUT2D eigenvalue weighted by Gasteiger charge is 2.26. The molecule has 1 saturated heterocycles. The molecule has 0 aromatic heterocycles. The summed E-state index contributed by atoms with van der Waals surface area (Å²) in [6.45, 7) is 2.76. The molecule has 0 bridgehead atoms. The molecule has 3 nitrogen and oxygen atoms in total. The normalized spacial score (nSPS) is 22.8. The maximum atomic E-state index is 12.1. The van der Waals surface area contributed by atoms with Crippen molar-refractivity contribution < 1.29 is 9.53 Å². The average molecular weight is 245 g/mol. The number of rotatable bonds is 4. The molecule has 1 N–H and O–H groups in total. The van der Waals surface area contributed by atoms with Crippen molar-refractivity contribution in [2.24, 2.45) is 5.92 Å². The van der Waals surface area contributed by atoms with Gasteiger partial charge in [-0.3, -0.25) is 4.79 Å². The van der Waals surface area contributed by atoms with Crippen LogP contribution in [-0.2, 0) is 4.79 Å². The molecule has 1 unspecified atom stereocenters. The van der Waals surface area contributed by atoms with Crippen LogP contribution in [0.4, 0.5) is 0 Å². The van der Waals surface area contributed by atoms with E-state index in [9.17, 15) is 4.79 Å². The Morgan fingerprint density at radius 3 is 2.89 bits per heavy atom. The highest BCUT2D eigenvalue weighted by Crippen LogP contribution is 2.36. The van der Waals surface area contributed by atoms with Crippen LogP contribution >= 0.6 is 0 Å². The van der Waals surface area contributed by atoms with Gasteiger partial charge in [-0.2, -0.15) is 0 Å². The summed E-state index contributed by atoms with van der Waals surface area (Å²) in [4.78, 5) is 12.1. The highest BCUT2D eigenvalue weighted by atomic mass is 16.5. The third kappa shape index (κ3) is 2.41. The molecule has 0 amide bonds.